The van der Waals surface area contributed by atoms with E-state index >= 15 is 0 Å². The molecule has 0 saturated carbocycles. The van der Waals surface area contributed by atoms with Gasteiger partial charge < -0.3 is 20.1 Å². The van der Waals surface area contributed by atoms with Crippen LogP contribution in [0.5, 0.6) is 11.6 Å². The van der Waals surface area contributed by atoms with E-state index in [9.17, 15) is 9.59 Å². The van der Waals surface area contributed by atoms with Gasteiger partial charge in [0.25, 0.3) is 5.91 Å². The van der Waals surface area contributed by atoms with Crippen LogP contribution < -0.4 is 20.1 Å². The summed E-state index contributed by atoms with van der Waals surface area (Å²) >= 11 is 0. The van der Waals surface area contributed by atoms with Crippen molar-refractivity contribution in [1.82, 2.24) is 15.6 Å². The molecule has 1 heterocycles. The zero-order valence-electron chi connectivity index (χ0n) is 15.0. The number of para-hydroxylation sites is 1. The number of benzene rings is 1. The first-order chi connectivity index (χ1) is 12.7. The van der Waals surface area contributed by atoms with Crippen LogP contribution in [-0.2, 0) is 11.3 Å². The molecule has 7 nitrogen and oxygen atoms in total. The van der Waals surface area contributed by atoms with E-state index in [0.717, 1.165) is 5.56 Å². The van der Waals surface area contributed by atoms with E-state index in [-0.39, 0.29) is 24.9 Å². The Morgan fingerprint density at radius 3 is 2.54 bits per heavy atom. The van der Waals surface area contributed by atoms with Gasteiger partial charge in [-0.3, -0.25) is 9.59 Å². The summed E-state index contributed by atoms with van der Waals surface area (Å²) < 4.78 is 10.8. The third kappa shape index (κ3) is 5.47. The van der Waals surface area contributed by atoms with Gasteiger partial charge in [0.05, 0.1) is 25.3 Å². The molecule has 0 spiro atoms. The molecular weight excluding hydrogens is 334 g/mol. The molecule has 0 aliphatic heterocycles. The average molecular weight is 357 g/mol. The molecule has 0 bridgehead atoms. The molecule has 0 unspecified atom stereocenters. The molecule has 2 aromatic rings. The molecule has 0 aliphatic carbocycles. The Hall–Kier alpha value is -3.09. The highest BCUT2D eigenvalue weighted by Gasteiger charge is 2.13. The Kier molecular flexibility index (Phi) is 7.42. The molecule has 7 heteroatoms. The number of carbonyl (C=O) groups is 2. The number of nitrogens with zero attached hydrogens (tertiary/aromatic N) is 1. The summed E-state index contributed by atoms with van der Waals surface area (Å²) in [4.78, 5) is 28.4. The lowest BCUT2D eigenvalue weighted by Crippen LogP contribution is -2.36. The first-order valence-electron chi connectivity index (χ1n) is 8.49. The van der Waals surface area contributed by atoms with Gasteiger partial charge in [-0.2, -0.15) is 0 Å². The molecular formula is C19H23N3O4. The van der Waals surface area contributed by atoms with Gasteiger partial charge >= 0.3 is 0 Å². The number of carbonyl (C=O) groups excluding carboxylic acids is 2. The zero-order valence-corrected chi connectivity index (χ0v) is 15.0. The number of aromatic nitrogens is 1. The summed E-state index contributed by atoms with van der Waals surface area (Å²) in [5.74, 6) is 0.314. The first-order valence-corrected chi connectivity index (χ1v) is 8.49. The van der Waals surface area contributed by atoms with Crippen LogP contribution in [0.4, 0.5) is 0 Å². The normalized spacial score (nSPS) is 10.1. The van der Waals surface area contributed by atoms with E-state index in [0.29, 0.717) is 30.4 Å². The van der Waals surface area contributed by atoms with E-state index in [2.05, 4.69) is 15.6 Å². The maximum atomic E-state index is 12.3. The fourth-order valence-corrected chi connectivity index (χ4v) is 2.27. The van der Waals surface area contributed by atoms with Gasteiger partial charge in [-0.25, -0.2) is 4.98 Å². The standard InChI is InChI=1S/C19H23N3O4/c1-3-25-16-10-6-5-9-15(16)18(24)22-13-17(23)21-12-14-8-7-11-20-19(14)26-4-2/h5-11H,3-4,12-13H2,1-2H3,(H,21,23)(H,22,24). The number of pyridine rings is 1. The van der Waals surface area contributed by atoms with Gasteiger partial charge in [0.1, 0.15) is 5.75 Å². The van der Waals surface area contributed by atoms with E-state index in [4.69, 9.17) is 9.47 Å². The van der Waals surface area contributed by atoms with Gasteiger partial charge in [-0.15, -0.1) is 0 Å². The van der Waals surface area contributed by atoms with E-state index < -0.39 is 0 Å². The van der Waals surface area contributed by atoms with Crippen LogP contribution in [0.1, 0.15) is 29.8 Å². The van der Waals surface area contributed by atoms with Crippen LogP contribution in [0.15, 0.2) is 42.6 Å². The number of rotatable bonds is 9. The largest absolute Gasteiger partial charge is 0.493 e. The van der Waals surface area contributed by atoms with Crippen molar-refractivity contribution >= 4 is 11.8 Å². The molecule has 0 atom stereocenters. The second-order valence-electron chi connectivity index (χ2n) is 5.29. The van der Waals surface area contributed by atoms with Crippen molar-refractivity contribution in [2.24, 2.45) is 0 Å². The molecule has 0 fully saturated rings. The van der Waals surface area contributed by atoms with Crippen molar-refractivity contribution in [2.45, 2.75) is 20.4 Å². The monoisotopic (exact) mass is 357 g/mol. The lowest BCUT2D eigenvalue weighted by atomic mass is 10.2. The van der Waals surface area contributed by atoms with Gasteiger partial charge in [0.2, 0.25) is 11.8 Å². The molecule has 0 aliphatic rings. The molecule has 0 saturated heterocycles. The van der Waals surface area contributed by atoms with Crippen molar-refractivity contribution in [3.8, 4) is 11.6 Å². The number of hydrogen-bond acceptors (Lipinski definition) is 5. The second kappa shape index (κ2) is 10.0. The van der Waals surface area contributed by atoms with Crippen molar-refractivity contribution in [3.05, 3.63) is 53.7 Å². The highest BCUT2D eigenvalue weighted by atomic mass is 16.5. The topological polar surface area (TPSA) is 89.5 Å². The number of hydrogen-bond donors (Lipinski definition) is 2. The van der Waals surface area contributed by atoms with Crippen LogP contribution in [0.3, 0.4) is 0 Å². The highest BCUT2D eigenvalue weighted by molar-refractivity contribution is 5.98. The predicted octanol–water partition coefficient (Wildman–Crippen LogP) is 1.93. The number of ether oxygens (including phenoxy) is 2. The Bertz CT molecular complexity index is 749. The molecule has 138 valence electrons. The Morgan fingerprint density at radius 2 is 1.77 bits per heavy atom. The quantitative estimate of drug-likeness (QED) is 0.716. The van der Waals surface area contributed by atoms with Gasteiger partial charge in [-0.1, -0.05) is 18.2 Å². The first kappa shape index (κ1) is 19.2. The van der Waals surface area contributed by atoms with Crippen molar-refractivity contribution in [3.63, 3.8) is 0 Å². The van der Waals surface area contributed by atoms with Gasteiger partial charge in [-0.05, 0) is 32.0 Å². The third-order valence-electron chi connectivity index (χ3n) is 3.45. The summed E-state index contributed by atoms with van der Waals surface area (Å²) in [6.07, 6.45) is 1.63. The van der Waals surface area contributed by atoms with Crippen LogP contribution in [0.2, 0.25) is 0 Å². The molecule has 0 radical (unpaired) electrons. The maximum absolute atomic E-state index is 12.3. The summed E-state index contributed by atoms with van der Waals surface area (Å²) in [5.41, 5.74) is 1.17. The summed E-state index contributed by atoms with van der Waals surface area (Å²) in [6.45, 7) is 4.80. The minimum atomic E-state index is -0.361. The fourth-order valence-electron chi connectivity index (χ4n) is 2.27. The molecule has 2 rings (SSSR count). The van der Waals surface area contributed by atoms with Crippen LogP contribution in [-0.4, -0.2) is 36.6 Å². The minimum Gasteiger partial charge on any atom is -0.493 e. The molecule has 2 amide bonds. The zero-order chi connectivity index (χ0) is 18.8. The smallest absolute Gasteiger partial charge is 0.255 e. The molecule has 1 aromatic heterocycles. The van der Waals surface area contributed by atoms with E-state index in [1.54, 1.807) is 36.5 Å². The van der Waals surface area contributed by atoms with Crippen molar-refractivity contribution in [2.75, 3.05) is 19.8 Å². The van der Waals surface area contributed by atoms with Crippen molar-refractivity contribution < 1.29 is 19.1 Å². The Balaban J connectivity index is 1.86. The van der Waals surface area contributed by atoms with Crippen molar-refractivity contribution in [1.29, 1.82) is 0 Å². The van der Waals surface area contributed by atoms with E-state index in [1.807, 2.05) is 19.9 Å². The Morgan fingerprint density at radius 1 is 1.00 bits per heavy atom. The molecule has 2 N–H and O–H groups in total. The van der Waals surface area contributed by atoms with Crippen LogP contribution >= 0.6 is 0 Å². The SMILES string of the molecule is CCOc1ccccc1C(=O)NCC(=O)NCc1cccnc1OCC. The number of nitrogens with one attached hydrogen (secondary N) is 2. The fraction of sp³-hybridized carbons (Fsp3) is 0.316. The van der Waals surface area contributed by atoms with E-state index in [1.165, 1.54) is 0 Å². The summed E-state index contributed by atoms with van der Waals surface area (Å²) in [6, 6.07) is 10.5. The minimum absolute atomic E-state index is 0.135. The van der Waals surface area contributed by atoms with Crippen LogP contribution in [0.25, 0.3) is 0 Å². The van der Waals surface area contributed by atoms with Gasteiger partial charge in [0.15, 0.2) is 0 Å². The lowest BCUT2D eigenvalue weighted by molar-refractivity contribution is -0.120. The lowest BCUT2D eigenvalue weighted by Gasteiger charge is -2.11. The van der Waals surface area contributed by atoms with Gasteiger partial charge in [0, 0.05) is 18.3 Å². The third-order valence-corrected chi connectivity index (χ3v) is 3.45. The molecule has 26 heavy (non-hydrogen) atoms. The Labute approximate surface area is 152 Å². The predicted molar refractivity (Wildman–Crippen MR) is 97.2 cm³/mol. The molecule has 1 aromatic carbocycles. The summed E-state index contributed by atoms with van der Waals surface area (Å²) in [7, 11) is 0. The summed E-state index contributed by atoms with van der Waals surface area (Å²) in [5, 5.41) is 5.34. The maximum Gasteiger partial charge on any atom is 0.255 e. The second-order valence-corrected chi connectivity index (χ2v) is 5.29. The number of amides is 2. The highest BCUT2D eigenvalue weighted by Crippen LogP contribution is 2.17. The van der Waals surface area contributed by atoms with Crippen LogP contribution in [0, 0.1) is 0 Å². The average Bonchev–Trinajstić information content (AvgIpc) is 2.66.